The molecule has 6 nitrogen and oxygen atoms in total. The monoisotopic (exact) mass is 340 g/mol. The second-order valence-electron chi connectivity index (χ2n) is 7.24. The van der Waals surface area contributed by atoms with Gasteiger partial charge in [-0.05, 0) is 26.0 Å². The lowest BCUT2D eigenvalue weighted by atomic mass is 9.96. The molecule has 0 atom stereocenters. The van der Waals surface area contributed by atoms with E-state index in [0.29, 0.717) is 25.2 Å². The van der Waals surface area contributed by atoms with Gasteiger partial charge in [-0.1, -0.05) is 18.2 Å². The number of aromatic nitrogens is 1. The lowest BCUT2D eigenvalue weighted by Crippen LogP contribution is -2.63. The maximum atomic E-state index is 13.2. The number of urea groups is 1. The number of carbonyl (C=O) groups is 2. The number of hydrogen-bond acceptors (Lipinski definition) is 3. The van der Waals surface area contributed by atoms with E-state index >= 15 is 0 Å². The molecule has 132 valence electrons. The van der Waals surface area contributed by atoms with Crippen molar-refractivity contribution < 1.29 is 9.59 Å². The molecule has 1 aliphatic heterocycles. The number of benzene rings is 1. The maximum absolute atomic E-state index is 13.2. The molecule has 1 saturated heterocycles. The third-order valence-electron chi connectivity index (χ3n) is 4.68. The number of rotatable bonds is 1. The molecule has 3 amide bonds. The van der Waals surface area contributed by atoms with Crippen LogP contribution in [-0.2, 0) is 0 Å². The van der Waals surface area contributed by atoms with Crippen LogP contribution in [0.2, 0.25) is 0 Å². The fourth-order valence-electron chi connectivity index (χ4n) is 3.41. The molecule has 0 spiro atoms. The number of para-hydroxylation sites is 1. The van der Waals surface area contributed by atoms with E-state index in [9.17, 15) is 9.59 Å². The van der Waals surface area contributed by atoms with Crippen molar-refractivity contribution in [1.82, 2.24) is 19.7 Å². The number of pyridine rings is 1. The second-order valence-corrected chi connectivity index (χ2v) is 7.24. The first-order chi connectivity index (χ1) is 11.8. The van der Waals surface area contributed by atoms with Crippen molar-refractivity contribution in [3.63, 3.8) is 0 Å². The van der Waals surface area contributed by atoms with Crippen LogP contribution in [0.25, 0.3) is 10.9 Å². The third kappa shape index (κ3) is 3.16. The fraction of sp³-hybridized carbons (Fsp3) is 0.421. The van der Waals surface area contributed by atoms with E-state index in [0.717, 1.165) is 10.9 Å². The Morgan fingerprint density at radius 1 is 1.12 bits per heavy atom. The third-order valence-corrected chi connectivity index (χ3v) is 4.68. The Hall–Kier alpha value is -2.63. The summed E-state index contributed by atoms with van der Waals surface area (Å²) in [4.78, 5) is 35.0. The molecule has 3 rings (SSSR count). The van der Waals surface area contributed by atoms with Gasteiger partial charge in [0, 0.05) is 45.3 Å². The van der Waals surface area contributed by atoms with Crippen molar-refractivity contribution in [2.75, 3.05) is 33.7 Å². The lowest BCUT2D eigenvalue weighted by molar-refractivity contribution is 0.0243. The molecule has 0 unspecified atom stereocenters. The van der Waals surface area contributed by atoms with Crippen LogP contribution in [0, 0.1) is 0 Å². The van der Waals surface area contributed by atoms with Crippen LogP contribution in [-0.4, -0.2) is 70.9 Å². The van der Waals surface area contributed by atoms with Gasteiger partial charge in [-0.3, -0.25) is 9.78 Å². The summed E-state index contributed by atoms with van der Waals surface area (Å²) in [6, 6.07) is 9.42. The van der Waals surface area contributed by atoms with Gasteiger partial charge in [-0.2, -0.15) is 0 Å². The average Bonchev–Trinajstić information content (AvgIpc) is 2.59. The molecular weight excluding hydrogens is 316 g/mol. The van der Waals surface area contributed by atoms with E-state index in [1.807, 2.05) is 43.0 Å². The van der Waals surface area contributed by atoms with Gasteiger partial charge >= 0.3 is 6.03 Å². The van der Waals surface area contributed by atoms with Crippen LogP contribution in [0.5, 0.6) is 0 Å². The predicted octanol–water partition coefficient (Wildman–Crippen LogP) is 2.45. The van der Waals surface area contributed by atoms with Crippen LogP contribution >= 0.6 is 0 Å². The Morgan fingerprint density at radius 3 is 2.52 bits per heavy atom. The number of hydrogen-bond donors (Lipinski definition) is 0. The molecule has 1 aromatic heterocycles. The molecule has 0 radical (unpaired) electrons. The second kappa shape index (κ2) is 6.35. The summed E-state index contributed by atoms with van der Waals surface area (Å²) in [5.41, 5.74) is 1.03. The summed E-state index contributed by atoms with van der Waals surface area (Å²) in [5.74, 6) is -0.0134. The van der Waals surface area contributed by atoms with Crippen molar-refractivity contribution in [3.8, 4) is 0 Å². The average molecular weight is 340 g/mol. The van der Waals surface area contributed by atoms with Gasteiger partial charge in [-0.25, -0.2) is 4.79 Å². The Labute approximate surface area is 148 Å². The number of piperazine rings is 1. The lowest BCUT2D eigenvalue weighted by Gasteiger charge is -2.47. The minimum absolute atomic E-state index is 0.0134. The first-order valence-corrected chi connectivity index (χ1v) is 8.43. The Kier molecular flexibility index (Phi) is 4.37. The van der Waals surface area contributed by atoms with E-state index in [1.54, 1.807) is 36.2 Å². The Bertz CT molecular complexity index is 811. The Morgan fingerprint density at radius 2 is 1.84 bits per heavy atom. The van der Waals surface area contributed by atoms with E-state index < -0.39 is 5.54 Å². The van der Waals surface area contributed by atoms with Crippen molar-refractivity contribution in [2.24, 2.45) is 0 Å². The quantitative estimate of drug-likeness (QED) is 0.801. The van der Waals surface area contributed by atoms with Gasteiger partial charge < -0.3 is 14.7 Å². The van der Waals surface area contributed by atoms with Gasteiger partial charge in [-0.15, -0.1) is 0 Å². The summed E-state index contributed by atoms with van der Waals surface area (Å²) >= 11 is 0. The molecule has 0 saturated carbocycles. The fourth-order valence-corrected chi connectivity index (χ4v) is 3.41. The summed E-state index contributed by atoms with van der Waals surface area (Å²) in [7, 11) is 3.49. The highest BCUT2D eigenvalue weighted by Crippen LogP contribution is 2.26. The maximum Gasteiger partial charge on any atom is 0.319 e. The number of carbonyl (C=O) groups excluding carboxylic acids is 2. The number of amides is 3. The zero-order valence-corrected chi connectivity index (χ0v) is 15.2. The zero-order chi connectivity index (χ0) is 18.2. The molecule has 6 heteroatoms. The SMILES string of the molecule is CN(C)C(=O)N1CCN(C(=O)c2ccnc3ccccc23)C(C)(C)C1. The van der Waals surface area contributed by atoms with E-state index in [-0.39, 0.29) is 11.9 Å². The van der Waals surface area contributed by atoms with E-state index in [2.05, 4.69) is 4.98 Å². The molecule has 2 aromatic rings. The summed E-state index contributed by atoms with van der Waals surface area (Å²) in [5, 5.41) is 0.859. The van der Waals surface area contributed by atoms with Gasteiger partial charge in [0.15, 0.2) is 0 Å². The molecule has 25 heavy (non-hydrogen) atoms. The highest BCUT2D eigenvalue weighted by atomic mass is 16.2. The van der Waals surface area contributed by atoms with E-state index in [4.69, 9.17) is 0 Å². The highest BCUT2D eigenvalue weighted by molar-refractivity contribution is 6.06. The molecule has 0 N–H and O–H groups in total. The molecule has 0 bridgehead atoms. The zero-order valence-electron chi connectivity index (χ0n) is 15.2. The minimum atomic E-state index is -0.439. The van der Waals surface area contributed by atoms with Crippen LogP contribution in [0.4, 0.5) is 4.79 Å². The normalized spacial score (nSPS) is 16.8. The number of fused-ring (bicyclic) bond motifs is 1. The van der Waals surface area contributed by atoms with Crippen molar-refractivity contribution >= 4 is 22.8 Å². The van der Waals surface area contributed by atoms with Crippen LogP contribution in [0.1, 0.15) is 24.2 Å². The van der Waals surface area contributed by atoms with E-state index in [1.165, 1.54) is 0 Å². The standard InChI is InChI=1S/C19H24N4O2/c1-19(2)13-22(18(25)21(3)4)11-12-23(19)17(24)15-9-10-20-16-8-6-5-7-14(15)16/h5-10H,11-13H2,1-4H3. The summed E-state index contributed by atoms with van der Waals surface area (Å²) < 4.78 is 0. The van der Waals surface area contributed by atoms with Gasteiger partial charge in [0.05, 0.1) is 16.6 Å². The highest BCUT2D eigenvalue weighted by Gasteiger charge is 2.39. The predicted molar refractivity (Wildman–Crippen MR) is 97.5 cm³/mol. The molecule has 0 aliphatic carbocycles. The minimum Gasteiger partial charge on any atom is -0.331 e. The topological polar surface area (TPSA) is 56.8 Å². The molecule has 1 aromatic carbocycles. The molecular formula is C19H24N4O2. The largest absolute Gasteiger partial charge is 0.331 e. The first-order valence-electron chi connectivity index (χ1n) is 8.43. The molecule has 2 heterocycles. The number of nitrogens with zero attached hydrogens (tertiary/aromatic N) is 4. The molecule has 1 fully saturated rings. The van der Waals surface area contributed by atoms with Crippen molar-refractivity contribution in [3.05, 3.63) is 42.1 Å². The first kappa shape index (κ1) is 17.2. The van der Waals surface area contributed by atoms with Crippen LogP contribution < -0.4 is 0 Å². The van der Waals surface area contributed by atoms with Gasteiger partial charge in [0.1, 0.15) is 0 Å². The Balaban J connectivity index is 1.89. The van der Waals surface area contributed by atoms with Crippen LogP contribution in [0.15, 0.2) is 36.5 Å². The molecule has 1 aliphatic rings. The van der Waals surface area contributed by atoms with Crippen LogP contribution in [0.3, 0.4) is 0 Å². The van der Waals surface area contributed by atoms with Crippen molar-refractivity contribution in [2.45, 2.75) is 19.4 Å². The van der Waals surface area contributed by atoms with Gasteiger partial charge in [0.2, 0.25) is 0 Å². The smallest absolute Gasteiger partial charge is 0.319 e. The summed E-state index contributed by atoms with van der Waals surface area (Å²) in [6.45, 7) is 5.57. The van der Waals surface area contributed by atoms with Crippen molar-refractivity contribution in [1.29, 1.82) is 0 Å². The summed E-state index contributed by atoms with van der Waals surface area (Å²) in [6.07, 6.45) is 1.67. The van der Waals surface area contributed by atoms with Gasteiger partial charge in [0.25, 0.3) is 5.91 Å².